The van der Waals surface area contributed by atoms with E-state index in [0.717, 1.165) is 43.2 Å². The molecule has 0 aliphatic carbocycles. The molecule has 0 bridgehead atoms. The molecule has 1 aromatic rings. The molecule has 148 valence electrons. The molecule has 0 saturated heterocycles. The number of hydrogen-bond donors (Lipinski definition) is 3. The van der Waals surface area contributed by atoms with Gasteiger partial charge in [-0.05, 0) is 31.2 Å². The number of benzene rings is 1. The fourth-order valence-electron chi connectivity index (χ4n) is 2.63. The number of allylic oxidation sites excluding steroid dienone is 2. The van der Waals surface area contributed by atoms with Gasteiger partial charge in [0, 0.05) is 12.1 Å². The molecule has 1 atom stereocenters. The minimum absolute atomic E-state index is 0.214. The number of rotatable bonds is 12. The van der Waals surface area contributed by atoms with Crippen LogP contribution in [0.3, 0.4) is 0 Å². The van der Waals surface area contributed by atoms with Crippen molar-refractivity contribution >= 4 is 11.8 Å². The van der Waals surface area contributed by atoms with Gasteiger partial charge in [0.05, 0.1) is 0 Å². The highest BCUT2D eigenvalue weighted by molar-refractivity contribution is 5.92. The lowest BCUT2D eigenvalue weighted by Crippen LogP contribution is -2.35. The molecule has 27 heavy (non-hydrogen) atoms. The number of carbonyl (C=O) groups is 2. The van der Waals surface area contributed by atoms with Gasteiger partial charge in [0.2, 0.25) is 11.8 Å². The standard InChI is InChI=1S/C22H33N3O2/c1-3-5-10-17(14-15-19(21(24)26)11-6-4-2)16-25-22(27)20(23)18-12-8-7-9-13-18/h7-9,12-15,20H,3-6,10-11,16,23H2,1-2H3,(H2,24,26)(H,25,27). The maximum Gasteiger partial charge on any atom is 0.244 e. The zero-order valence-corrected chi connectivity index (χ0v) is 16.5. The molecule has 0 fully saturated rings. The Bertz CT molecular complexity index is 651. The van der Waals surface area contributed by atoms with Crippen LogP contribution in [0.1, 0.15) is 64.0 Å². The lowest BCUT2D eigenvalue weighted by molar-refractivity contribution is -0.122. The van der Waals surface area contributed by atoms with Gasteiger partial charge < -0.3 is 16.8 Å². The van der Waals surface area contributed by atoms with E-state index in [4.69, 9.17) is 11.5 Å². The summed E-state index contributed by atoms with van der Waals surface area (Å²) in [6.45, 7) is 4.61. The summed E-state index contributed by atoms with van der Waals surface area (Å²) in [5.74, 6) is -0.599. The van der Waals surface area contributed by atoms with Gasteiger partial charge in [-0.2, -0.15) is 0 Å². The van der Waals surface area contributed by atoms with Gasteiger partial charge in [0.15, 0.2) is 0 Å². The minimum Gasteiger partial charge on any atom is -0.366 e. The Morgan fingerprint density at radius 3 is 2.26 bits per heavy atom. The molecule has 0 radical (unpaired) electrons. The van der Waals surface area contributed by atoms with Gasteiger partial charge in [-0.15, -0.1) is 0 Å². The SMILES string of the molecule is CCCCC(=CC=C(CCCC)C(N)=O)CNC(=O)C(N)c1ccccc1. The van der Waals surface area contributed by atoms with Crippen LogP contribution in [0.4, 0.5) is 0 Å². The van der Waals surface area contributed by atoms with E-state index in [1.54, 1.807) is 6.08 Å². The van der Waals surface area contributed by atoms with Crippen LogP contribution in [0.25, 0.3) is 0 Å². The molecule has 0 spiro atoms. The molecule has 0 aliphatic rings. The van der Waals surface area contributed by atoms with Crippen LogP contribution >= 0.6 is 0 Å². The molecular formula is C22H33N3O2. The van der Waals surface area contributed by atoms with Crippen LogP contribution in [0.2, 0.25) is 0 Å². The molecule has 0 saturated carbocycles. The van der Waals surface area contributed by atoms with Crippen molar-refractivity contribution in [3.63, 3.8) is 0 Å². The second-order valence-electron chi connectivity index (χ2n) is 6.69. The number of nitrogens with one attached hydrogen (secondary N) is 1. The number of hydrogen-bond acceptors (Lipinski definition) is 3. The molecule has 2 amide bonds. The van der Waals surface area contributed by atoms with Gasteiger partial charge in [-0.3, -0.25) is 9.59 Å². The first-order chi connectivity index (χ1) is 13.0. The molecule has 1 unspecified atom stereocenters. The predicted octanol–water partition coefficient (Wildman–Crippen LogP) is 3.52. The number of amides is 2. The Labute approximate surface area is 162 Å². The Kier molecular flexibility index (Phi) is 10.8. The van der Waals surface area contributed by atoms with Gasteiger partial charge in [-0.25, -0.2) is 0 Å². The summed E-state index contributed by atoms with van der Waals surface area (Å²) in [5, 5.41) is 2.91. The normalized spacial score (nSPS) is 13.3. The zero-order chi connectivity index (χ0) is 20.1. The molecule has 0 aromatic heterocycles. The number of nitrogens with two attached hydrogens (primary N) is 2. The fraction of sp³-hybridized carbons (Fsp3) is 0.455. The van der Waals surface area contributed by atoms with Crippen LogP contribution in [0.15, 0.2) is 53.6 Å². The zero-order valence-electron chi connectivity index (χ0n) is 16.5. The quantitative estimate of drug-likeness (QED) is 0.387. The Morgan fingerprint density at radius 1 is 1.04 bits per heavy atom. The first-order valence-electron chi connectivity index (χ1n) is 9.76. The summed E-state index contributed by atoms with van der Waals surface area (Å²) in [5.41, 5.74) is 14.0. The number of primary amides is 1. The van der Waals surface area contributed by atoms with Crippen molar-refractivity contribution in [2.45, 2.75) is 58.4 Å². The van der Waals surface area contributed by atoms with Crippen LogP contribution in [-0.4, -0.2) is 18.4 Å². The Morgan fingerprint density at radius 2 is 1.67 bits per heavy atom. The van der Waals surface area contributed by atoms with Crippen LogP contribution in [-0.2, 0) is 9.59 Å². The summed E-state index contributed by atoms with van der Waals surface area (Å²) < 4.78 is 0. The molecule has 1 aromatic carbocycles. The summed E-state index contributed by atoms with van der Waals surface area (Å²) in [6, 6.07) is 8.60. The Balaban J connectivity index is 2.78. The summed E-state index contributed by atoms with van der Waals surface area (Å²) in [6.07, 6.45) is 9.24. The predicted molar refractivity (Wildman–Crippen MR) is 111 cm³/mol. The van der Waals surface area contributed by atoms with Crippen LogP contribution < -0.4 is 16.8 Å². The Hall–Kier alpha value is -2.40. The monoisotopic (exact) mass is 371 g/mol. The first kappa shape index (κ1) is 22.6. The van der Waals surface area contributed by atoms with E-state index in [9.17, 15) is 9.59 Å². The van der Waals surface area contributed by atoms with E-state index < -0.39 is 6.04 Å². The molecule has 5 heteroatoms. The van der Waals surface area contributed by atoms with E-state index >= 15 is 0 Å². The van der Waals surface area contributed by atoms with Gasteiger partial charge in [0.1, 0.15) is 6.04 Å². The van der Waals surface area contributed by atoms with E-state index in [1.807, 2.05) is 36.4 Å². The van der Waals surface area contributed by atoms with Crippen molar-refractivity contribution in [1.82, 2.24) is 5.32 Å². The maximum atomic E-state index is 12.4. The highest BCUT2D eigenvalue weighted by Crippen LogP contribution is 2.13. The third-order valence-corrected chi connectivity index (χ3v) is 4.42. The molecular weight excluding hydrogens is 338 g/mol. The third-order valence-electron chi connectivity index (χ3n) is 4.42. The largest absolute Gasteiger partial charge is 0.366 e. The minimum atomic E-state index is -0.695. The third kappa shape index (κ3) is 8.69. The molecule has 0 heterocycles. The fourth-order valence-corrected chi connectivity index (χ4v) is 2.63. The highest BCUT2D eigenvalue weighted by Gasteiger charge is 2.15. The number of carbonyl (C=O) groups excluding carboxylic acids is 2. The lowest BCUT2D eigenvalue weighted by atomic mass is 10.0. The van der Waals surface area contributed by atoms with Gasteiger partial charge in [-0.1, -0.05) is 74.7 Å². The van der Waals surface area contributed by atoms with Crippen molar-refractivity contribution in [3.05, 3.63) is 59.2 Å². The topological polar surface area (TPSA) is 98.2 Å². The van der Waals surface area contributed by atoms with Crippen molar-refractivity contribution in [3.8, 4) is 0 Å². The van der Waals surface area contributed by atoms with Crippen molar-refractivity contribution < 1.29 is 9.59 Å². The van der Waals surface area contributed by atoms with E-state index in [0.29, 0.717) is 18.5 Å². The van der Waals surface area contributed by atoms with Crippen molar-refractivity contribution in [2.24, 2.45) is 11.5 Å². The summed E-state index contributed by atoms with van der Waals surface area (Å²) >= 11 is 0. The second kappa shape index (κ2) is 12.9. The van der Waals surface area contributed by atoms with Crippen LogP contribution in [0.5, 0.6) is 0 Å². The smallest absolute Gasteiger partial charge is 0.244 e. The average Bonchev–Trinajstić information content (AvgIpc) is 2.68. The first-order valence-corrected chi connectivity index (χ1v) is 9.76. The lowest BCUT2D eigenvalue weighted by Gasteiger charge is -2.14. The van der Waals surface area contributed by atoms with E-state index in [1.165, 1.54) is 0 Å². The second-order valence-corrected chi connectivity index (χ2v) is 6.69. The van der Waals surface area contributed by atoms with Gasteiger partial charge >= 0.3 is 0 Å². The molecule has 5 nitrogen and oxygen atoms in total. The van der Waals surface area contributed by atoms with Crippen molar-refractivity contribution in [2.75, 3.05) is 6.54 Å². The number of unbranched alkanes of at least 4 members (excludes halogenated alkanes) is 2. The summed E-state index contributed by atoms with van der Waals surface area (Å²) in [4.78, 5) is 23.9. The molecule has 1 rings (SSSR count). The molecule has 5 N–H and O–H groups in total. The van der Waals surface area contributed by atoms with E-state index in [2.05, 4.69) is 19.2 Å². The van der Waals surface area contributed by atoms with Crippen LogP contribution in [0, 0.1) is 0 Å². The van der Waals surface area contributed by atoms with Crippen molar-refractivity contribution in [1.29, 1.82) is 0 Å². The van der Waals surface area contributed by atoms with E-state index in [-0.39, 0.29) is 11.8 Å². The average molecular weight is 372 g/mol. The van der Waals surface area contributed by atoms with Gasteiger partial charge in [0.25, 0.3) is 0 Å². The highest BCUT2D eigenvalue weighted by atomic mass is 16.2. The summed E-state index contributed by atoms with van der Waals surface area (Å²) in [7, 11) is 0. The molecule has 0 aliphatic heterocycles. The maximum absolute atomic E-state index is 12.4.